The first-order valence-corrected chi connectivity index (χ1v) is 13.6. The second-order valence-electron chi connectivity index (χ2n) is 11.3. The number of fused-ring (bicyclic) bond motifs is 4. The number of nitrogens with zero attached hydrogens (tertiary/aromatic N) is 1. The van der Waals surface area contributed by atoms with Crippen molar-refractivity contribution in [2.24, 2.45) is 23.7 Å². The Morgan fingerprint density at radius 1 is 1.00 bits per heavy atom. The molecule has 7 rings (SSSR count). The topological polar surface area (TPSA) is 101 Å². The molecular formula is C33H27NO6. The van der Waals surface area contributed by atoms with E-state index >= 15 is 0 Å². The number of phenolic OH excluding ortho intramolecular Hbond substituents is 1. The molecule has 2 heterocycles. The largest absolute Gasteiger partial charge is 0.508 e. The summed E-state index contributed by atoms with van der Waals surface area (Å²) in [6.07, 6.45) is 6.11. The molecule has 0 aromatic heterocycles. The molecule has 7 nitrogen and oxygen atoms in total. The number of carbonyl (C=O) groups is 4. The van der Waals surface area contributed by atoms with Gasteiger partial charge >= 0.3 is 0 Å². The Hall–Kier alpha value is -4.52. The van der Waals surface area contributed by atoms with Gasteiger partial charge in [0.2, 0.25) is 11.8 Å². The molecular weight excluding hydrogens is 506 g/mol. The molecule has 2 amide bonds. The summed E-state index contributed by atoms with van der Waals surface area (Å²) in [6.45, 7) is 1.85. The summed E-state index contributed by atoms with van der Waals surface area (Å²) in [5, 5.41) is 10.1. The van der Waals surface area contributed by atoms with Crippen LogP contribution in [0.3, 0.4) is 0 Å². The number of imide groups is 1. The number of rotatable bonds is 3. The van der Waals surface area contributed by atoms with Crippen LogP contribution >= 0.6 is 0 Å². The Kier molecular flexibility index (Phi) is 5.52. The highest BCUT2D eigenvalue weighted by Gasteiger charge is 2.56. The van der Waals surface area contributed by atoms with Gasteiger partial charge < -0.3 is 9.84 Å². The van der Waals surface area contributed by atoms with Gasteiger partial charge in [-0.2, -0.15) is 0 Å². The second-order valence-corrected chi connectivity index (χ2v) is 11.3. The molecule has 7 heteroatoms. The summed E-state index contributed by atoms with van der Waals surface area (Å²) in [6, 6.07) is 14.3. The number of ether oxygens (including phenoxy) is 1. The van der Waals surface area contributed by atoms with Crippen LogP contribution in [-0.4, -0.2) is 33.4 Å². The zero-order chi connectivity index (χ0) is 27.7. The Balaban J connectivity index is 1.30. The standard InChI is InChI=1S/C33H27NO6/c1-17-11-26(36)30-25(31(17)37)14-24-22(28(30)20-12-19-13-21(35)7-10-27(19)40-16-20)8-9-23-29(24)33(39)34(32(23)38)15-18-5-3-2-4-6-18/h2-8,10-11,13,16,23-24,28-29,35H,9,12,14-15H2,1H3/t23-,24+,28-,29-/m0/s1. The fourth-order valence-corrected chi connectivity index (χ4v) is 7.18. The number of phenols is 1. The van der Waals surface area contributed by atoms with Gasteiger partial charge in [0.05, 0.1) is 24.6 Å². The molecule has 2 aromatic rings. The van der Waals surface area contributed by atoms with Crippen LogP contribution in [0.25, 0.3) is 0 Å². The third-order valence-electron chi connectivity index (χ3n) is 8.98. The van der Waals surface area contributed by atoms with E-state index in [1.165, 1.54) is 11.0 Å². The number of hydrogen-bond donors (Lipinski definition) is 1. The Morgan fingerprint density at radius 2 is 1.80 bits per heavy atom. The quantitative estimate of drug-likeness (QED) is 0.357. The van der Waals surface area contributed by atoms with Crippen molar-refractivity contribution in [1.82, 2.24) is 4.90 Å². The summed E-state index contributed by atoms with van der Waals surface area (Å²) >= 11 is 0. The normalized spacial score (nSPS) is 27.2. The minimum Gasteiger partial charge on any atom is -0.508 e. The number of benzene rings is 2. The van der Waals surface area contributed by atoms with E-state index < -0.39 is 17.8 Å². The SMILES string of the molecule is CC1=CC(=O)C2=C(C[C@@H]3C(=CC[C@@H]4C(=O)N(Cc5ccccc5)C(=O)[C@@H]43)[C@@H]2C2=COc3ccc(O)cc3C2)C1=O. The van der Waals surface area contributed by atoms with Gasteiger partial charge in [0.15, 0.2) is 11.6 Å². The molecule has 2 aliphatic heterocycles. The van der Waals surface area contributed by atoms with Crippen LogP contribution < -0.4 is 4.74 Å². The fourth-order valence-electron chi connectivity index (χ4n) is 7.18. The highest BCUT2D eigenvalue weighted by molar-refractivity contribution is 6.23. The van der Waals surface area contributed by atoms with Crippen molar-refractivity contribution in [1.29, 1.82) is 0 Å². The highest BCUT2D eigenvalue weighted by atomic mass is 16.5. The van der Waals surface area contributed by atoms with E-state index in [9.17, 15) is 24.3 Å². The number of likely N-dealkylation sites (tertiary alicyclic amines) is 1. The predicted molar refractivity (Wildman–Crippen MR) is 145 cm³/mol. The van der Waals surface area contributed by atoms with Crippen molar-refractivity contribution in [3.05, 3.63) is 106 Å². The predicted octanol–water partition coefficient (Wildman–Crippen LogP) is 4.37. The number of carbonyl (C=O) groups excluding carboxylic acids is 4. The smallest absolute Gasteiger partial charge is 0.234 e. The third kappa shape index (κ3) is 3.64. The van der Waals surface area contributed by atoms with Gasteiger partial charge in [-0.05, 0) is 61.1 Å². The lowest BCUT2D eigenvalue weighted by Crippen LogP contribution is -2.41. The van der Waals surface area contributed by atoms with Gasteiger partial charge in [-0.1, -0.05) is 42.0 Å². The van der Waals surface area contributed by atoms with Crippen LogP contribution in [0.1, 0.15) is 30.9 Å². The molecule has 1 fully saturated rings. The number of ketones is 2. The van der Waals surface area contributed by atoms with Crippen molar-refractivity contribution < 1.29 is 29.0 Å². The molecule has 40 heavy (non-hydrogen) atoms. The number of allylic oxidation sites excluding steroid dienone is 7. The van der Waals surface area contributed by atoms with E-state index in [2.05, 4.69) is 0 Å². The van der Waals surface area contributed by atoms with Crippen LogP contribution in [0.5, 0.6) is 11.5 Å². The van der Waals surface area contributed by atoms with Gasteiger partial charge in [0, 0.05) is 34.6 Å². The summed E-state index contributed by atoms with van der Waals surface area (Å²) in [5.74, 6) is -2.07. The van der Waals surface area contributed by atoms with Crippen molar-refractivity contribution in [3.8, 4) is 11.5 Å². The van der Waals surface area contributed by atoms with Crippen molar-refractivity contribution in [3.63, 3.8) is 0 Å². The lowest BCUT2D eigenvalue weighted by atomic mass is 9.58. The average molecular weight is 534 g/mol. The first kappa shape index (κ1) is 24.5. The molecule has 200 valence electrons. The van der Waals surface area contributed by atoms with E-state index in [1.54, 1.807) is 31.4 Å². The molecule has 0 spiro atoms. The van der Waals surface area contributed by atoms with Crippen molar-refractivity contribution in [2.75, 3.05) is 0 Å². The van der Waals surface area contributed by atoms with E-state index in [1.807, 2.05) is 36.4 Å². The molecule has 2 aromatic carbocycles. The maximum Gasteiger partial charge on any atom is 0.234 e. The van der Waals surface area contributed by atoms with Gasteiger partial charge in [-0.15, -0.1) is 0 Å². The average Bonchev–Trinajstić information content (AvgIpc) is 3.20. The Bertz CT molecular complexity index is 1640. The molecule has 3 aliphatic carbocycles. The third-order valence-corrected chi connectivity index (χ3v) is 8.98. The number of aromatic hydroxyl groups is 1. The van der Waals surface area contributed by atoms with Crippen LogP contribution in [0, 0.1) is 23.7 Å². The van der Waals surface area contributed by atoms with E-state index in [4.69, 9.17) is 4.74 Å². The van der Waals surface area contributed by atoms with Crippen molar-refractivity contribution in [2.45, 2.75) is 32.7 Å². The van der Waals surface area contributed by atoms with Crippen molar-refractivity contribution >= 4 is 23.4 Å². The second kappa shape index (κ2) is 9.01. The molecule has 1 N–H and O–H groups in total. The van der Waals surface area contributed by atoms with Crippen LogP contribution in [0.2, 0.25) is 0 Å². The Labute approximate surface area is 231 Å². The van der Waals surface area contributed by atoms with Gasteiger partial charge in [-0.3, -0.25) is 24.1 Å². The number of hydrogen-bond acceptors (Lipinski definition) is 6. The number of amides is 2. The van der Waals surface area contributed by atoms with Crippen LogP contribution in [0.4, 0.5) is 0 Å². The van der Waals surface area contributed by atoms with Gasteiger partial charge in [-0.25, -0.2) is 0 Å². The molecule has 0 unspecified atom stereocenters. The lowest BCUT2D eigenvalue weighted by Gasteiger charge is -2.43. The van der Waals surface area contributed by atoms with E-state index in [-0.39, 0.29) is 48.0 Å². The van der Waals surface area contributed by atoms with Gasteiger partial charge in [0.1, 0.15) is 11.5 Å². The van der Waals surface area contributed by atoms with E-state index in [0.29, 0.717) is 35.3 Å². The van der Waals surface area contributed by atoms with Crippen LogP contribution in [0.15, 0.2) is 94.8 Å². The molecule has 5 aliphatic rings. The van der Waals surface area contributed by atoms with Gasteiger partial charge in [0.25, 0.3) is 0 Å². The zero-order valence-electron chi connectivity index (χ0n) is 21.9. The maximum absolute atomic E-state index is 13.9. The summed E-state index contributed by atoms with van der Waals surface area (Å²) in [7, 11) is 0. The van der Waals surface area contributed by atoms with Crippen LogP contribution in [-0.2, 0) is 32.1 Å². The summed E-state index contributed by atoms with van der Waals surface area (Å²) < 4.78 is 5.93. The molecule has 1 saturated heterocycles. The lowest BCUT2D eigenvalue weighted by molar-refractivity contribution is -0.140. The number of Topliss-reactive ketones (excluding diaryl/α,β-unsaturated/α-hetero) is 1. The molecule has 0 saturated carbocycles. The first-order valence-electron chi connectivity index (χ1n) is 13.6. The fraction of sp³-hybridized carbons (Fsp3) is 0.273. The summed E-state index contributed by atoms with van der Waals surface area (Å²) in [4.78, 5) is 55.7. The minimum absolute atomic E-state index is 0.112. The highest BCUT2D eigenvalue weighted by Crippen LogP contribution is 2.54. The maximum atomic E-state index is 13.9. The minimum atomic E-state index is -0.594. The monoisotopic (exact) mass is 533 g/mol. The molecule has 0 radical (unpaired) electrons. The zero-order valence-corrected chi connectivity index (χ0v) is 21.9. The van der Waals surface area contributed by atoms with E-state index in [0.717, 1.165) is 22.3 Å². The first-order chi connectivity index (χ1) is 19.3. The molecule has 4 atom stereocenters. The molecule has 0 bridgehead atoms. The Morgan fingerprint density at radius 3 is 2.60 bits per heavy atom. The summed E-state index contributed by atoms with van der Waals surface area (Å²) in [5.41, 5.74) is 4.59.